The van der Waals surface area contributed by atoms with Gasteiger partial charge >= 0.3 is 0 Å². The number of piperidine rings is 1. The van der Waals surface area contributed by atoms with Gasteiger partial charge in [0.05, 0.1) is 0 Å². The molecular weight excluding hydrogens is 178 g/mol. The van der Waals surface area contributed by atoms with Gasteiger partial charge in [0.2, 0.25) is 11.8 Å². The van der Waals surface area contributed by atoms with Gasteiger partial charge in [0.1, 0.15) is 0 Å². The van der Waals surface area contributed by atoms with Crippen molar-refractivity contribution in [2.75, 3.05) is 0 Å². The van der Waals surface area contributed by atoms with Gasteiger partial charge in [-0.05, 0) is 17.3 Å². The minimum absolute atomic E-state index is 0.123. The fraction of sp³-hybridized carbons (Fsp3) is 0.818. The van der Waals surface area contributed by atoms with E-state index in [1.165, 1.54) is 0 Å². The molecule has 14 heavy (non-hydrogen) atoms. The van der Waals surface area contributed by atoms with Crippen LogP contribution in [0.15, 0.2) is 0 Å². The maximum absolute atomic E-state index is 11.2. The SMILES string of the molecule is CC(C1CC(=O)NC(=O)C1)C(C)(C)C. The number of rotatable bonds is 1. The maximum atomic E-state index is 11.2. The molecule has 0 radical (unpaired) electrons. The summed E-state index contributed by atoms with van der Waals surface area (Å²) >= 11 is 0. The van der Waals surface area contributed by atoms with Gasteiger partial charge in [0, 0.05) is 12.8 Å². The van der Waals surface area contributed by atoms with Crippen LogP contribution in [0.3, 0.4) is 0 Å². The Bertz CT molecular complexity index is 237. The van der Waals surface area contributed by atoms with Crippen molar-refractivity contribution in [3.63, 3.8) is 0 Å². The number of amides is 2. The average Bonchev–Trinajstić information content (AvgIpc) is 1.99. The van der Waals surface area contributed by atoms with Gasteiger partial charge in [-0.25, -0.2) is 0 Å². The Labute approximate surface area is 85.3 Å². The Morgan fingerprint density at radius 1 is 1.21 bits per heavy atom. The molecule has 0 bridgehead atoms. The van der Waals surface area contributed by atoms with Crippen molar-refractivity contribution in [1.82, 2.24) is 5.32 Å². The number of hydrogen-bond acceptors (Lipinski definition) is 2. The number of carbonyl (C=O) groups excluding carboxylic acids is 2. The van der Waals surface area contributed by atoms with E-state index in [0.717, 1.165) is 0 Å². The summed E-state index contributed by atoms with van der Waals surface area (Å²) < 4.78 is 0. The molecule has 1 rings (SSSR count). The lowest BCUT2D eigenvalue weighted by atomic mass is 9.71. The molecule has 1 aliphatic heterocycles. The molecule has 80 valence electrons. The highest BCUT2D eigenvalue weighted by Gasteiger charge is 2.34. The Morgan fingerprint density at radius 3 is 2.00 bits per heavy atom. The first-order valence-electron chi connectivity index (χ1n) is 5.13. The predicted octanol–water partition coefficient (Wildman–Crippen LogP) is 1.72. The monoisotopic (exact) mass is 197 g/mol. The van der Waals surface area contributed by atoms with Crippen molar-refractivity contribution in [3.05, 3.63) is 0 Å². The predicted molar refractivity (Wildman–Crippen MR) is 54.5 cm³/mol. The molecule has 1 N–H and O–H groups in total. The van der Waals surface area contributed by atoms with Crippen LogP contribution in [-0.2, 0) is 9.59 Å². The van der Waals surface area contributed by atoms with Gasteiger partial charge < -0.3 is 0 Å². The van der Waals surface area contributed by atoms with Crippen LogP contribution in [0.4, 0.5) is 0 Å². The number of imide groups is 1. The van der Waals surface area contributed by atoms with E-state index >= 15 is 0 Å². The van der Waals surface area contributed by atoms with E-state index in [0.29, 0.717) is 18.8 Å². The second-order valence-electron chi connectivity index (χ2n) is 5.29. The minimum Gasteiger partial charge on any atom is -0.296 e. The van der Waals surface area contributed by atoms with Gasteiger partial charge in [0.15, 0.2) is 0 Å². The largest absolute Gasteiger partial charge is 0.296 e. The van der Waals surface area contributed by atoms with Gasteiger partial charge in [-0.1, -0.05) is 27.7 Å². The van der Waals surface area contributed by atoms with Crippen LogP contribution < -0.4 is 5.32 Å². The highest BCUT2D eigenvalue weighted by Crippen LogP contribution is 2.36. The molecule has 0 aromatic carbocycles. The topological polar surface area (TPSA) is 46.2 Å². The second kappa shape index (κ2) is 3.71. The van der Waals surface area contributed by atoms with Crippen LogP contribution >= 0.6 is 0 Å². The molecular formula is C11H19NO2. The summed E-state index contributed by atoms with van der Waals surface area (Å²) in [5, 5.41) is 2.34. The lowest BCUT2D eigenvalue weighted by molar-refractivity contribution is -0.136. The average molecular weight is 197 g/mol. The van der Waals surface area contributed by atoms with Crippen LogP contribution in [0.25, 0.3) is 0 Å². The van der Waals surface area contributed by atoms with Gasteiger partial charge in [0.25, 0.3) is 0 Å². The standard InChI is InChI=1S/C11H19NO2/c1-7(11(2,3)4)8-5-9(13)12-10(14)6-8/h7-8H,5-6H2,1-4H3,(H,12,13,14). The van der Waals surface area contributed by atoms with Crippen LogP contribution in [0.2, 0.25) is 0 Å². The zero-order valence-corrected chi connectivity index (χ0v) is 9.39. The summed E-state index contributed by atoms with van der Waals surface area (Å²) in [5.74, 6) is 0.346. The maximum Gasteiger partial charge on any atom is 0.226 e. The van der Waals surface area contributed by atoms with E-state index < -0.39 is 0 Å². The van der Waals surface area contributed by atoms with E-state index in [2.05, 4.69) is 33.0 Å². The van der Waals surface area contributed by atoms with E-state index in [1.807, 2.05) is 0 Å². The molecule has 3 nitrogen and oxygen atoms in total. The Balaban J connectivity index is 2.68. The quantitative estimate of drug-likeness (QED) is 0.651. The van der Waals surface area contributed by atoms with Gasteiger partial charge in [-0.3, -0.25) is 14.9 Å². The van der Waals surface area contributed by atoms with Crippen molar-refractivity contribution in [2.45, 2.75) is 40.5 Å². The molecule has 0 spiro atoms. The second-order valence-corrected chi connectivity index (χ2v) is 5.29. The molecule has 1 fully saturated rings. The summed E-state index contributed by atoms with van der Waals surface area (Å²) in [4.78, 5) is 22.4. The van der Waals surface area contributed by atoms with E-state index in [-0.39, 0.29) is 23.1 Å². The molecule has 0 saturated carbocycles. The van der Waals surface area contributed by atoms with Crippen LogP contribution in [0.5, 0.6) is 0 Å². The third-order valence-electron chi connectivity index (χ3n) is 3.25. The van der Waals surface area contributed by atoms with Gasteiger partial charge in [-0.2, -0.15) is 0 Å². The zero-order valence-electron chi connectivity index (χ0n) is 9.39. The molecule has 1 unspecified atom stereocenters. The summed E-state index contributed by atoms with van der Waals surface area (Å²) in [6.07, 6.45) is 0.981. The summed E-state index contributed by atoms with van der Waals surface area (Å²) in [6.45, 7) is 8.56. The molecule has 1 heterocycles. The normalized spacial score (nSPS) is 22.0. The number of hydrogen-bond donors (Lipinski definition) is 1. The van der Waals surface area contributed by atoms with Crippen molar-refractivity contribution < 1.29 is 9.59 Å². The Hall–Kier alpha value is -0.860. The van der Waals surface area contributed by atoms with Crippen LogP contribution in [0, 0.1) is 17.3 Å². The number of nitrogens with one attached hydrogen (secondary N) is 1. The fourth-order valence-corrected chi connectivity index (χ4v) is 1.87. The highest BCUT2D eigenvalue weighted by atomic mass is 16.2. The third kappa shape index (κ3) is 2.56. The zero-order chi connectivity index (χ0) is 10.9. The molecule has 3 heteroatoms. The molecule has 1 saturated heterocycles. The smallest absolute Gasteiger partial charge is 0.226 e. The molecule has 0 aromatic rings. The summed E-state index contributed by atoms with van der Waals surface area (Å²) in [5.41, 5.74) is 0.155. The van der Waals surface area contributed by atoms with Crippen molar-refractivity contribution in [2.24, 2.45) is 17.3 Å². The molecule has 0 aliphatic carbocycles. The van der Waals surface area contributed by atoms with E-state index in [4.69, 9.17) is 0 Å². The third-order valence-corrected chi connectivity index (χ3v) is 3.25. The Morgan fingerprint density at radius 2 is 1.64 bits per heavy atom. The number of carbonyl (C=O) groups is 2. The first kappa shape index (κ1) is 11.2. The van der Waals surface area contributed by atoms with Crippen molar-refractivity contribution in [1.29, 1.82) is 0 Å². The van der Waals surface area contributed by atoms with Crippen molar-refractivity contribution >= 4 is 11.8 Å². The van der Waals surface area contributed by atoms with E-state index in [1.54, 1.807) is 0 Å². The van der Waals surface area contributed by atoms with Crippen LogP contribution in [0.1, 0.15) is 40.5 Å². The lowest BCUT2D eigenvalue weighted by Crippen LogP contribution is -2.42. The molecule has 1 aliphatic rings. The van der Waals surface area contributed by atoms with E-state index in [9.17, 15) is 9.59 Å². The summed E-state index contributed by atoms with van der Waals surface area (Å²) in [7, 11) is 0. The molecule has 0 aromatic heterocycles. The first-order chi connectivity index (χ1) is 6.30. The van der Waals surface area contributed by atoms with Crippen LogP contribution in [-0.4, -0.2) is 11.8 Å². The highest BCUT2D eigenvalue weighted by molar-refractivity contribution is 5.97. The summed E-state index contributed by atoms with van der Waals surface area (Å²) in [6, 6.07) is 0. The minimum atomic E-state index is -0.123. The molecule has 1 atom stereocenters. The fourth-order valence-electron chi connectivity index (χ4n) is 1.87. The Kier molecular flexibility index (Phi) is 2.98. The van der Waals surface area contributed by atoms with Crippen molar-refractivity contribution in [3.8, 4) is 0 Å². The van der Waals surface area contributed by atoms with Gasteiger partial charge in [-0.15, -0.1) is 0 Å². The molecule has 2 amide bonds. The lowest BCUT2D eigenvalue weighted by Gasteiger charge is -2.35. The first-order valence-corrected chi connectivity index (χ1v) is 5.13.